The van der Waals surface area contributed by atoms with E-state index >= 15 is 0 Å². The van der Waals surface area contributed by atoms with Gasteiger partial charge in [0.15, 0.2) is 5.84 Å². The first-order valence-electron chi connectivity index (χ1n) is 5.03. The molecule has 1 aromatic rings. The van der Waals surface area contributed by atoms with Crippen LogP contribution in [0.15, 0.2) is 23.4 Å². The highest BCUT2D eigenvalue weighted by Crippen LogP contribution is 2.27. The Morgan fingerprint density at radius 1 is 1.62 bits per heavy atom. The first-order valence-corrected chi connectivity index (χ1v) is 5.41. The summed E-state index contributed by atoms with van der Waals surface area (Å²) in [5.74, 6) is 0.473. The van der Waals surface area contributed by atoms with Gasteiger partial charge in [0.2, 0.25) is 0 Å². The Kier molecular flexibility index (Phi) is 4.43. The number of hydrogen-bond acceptors (Lipinski definition) is 3. The van der Waals surface area contributed by atoms with Gasteiger partial charge in [-0.2, -0.15) is 0 Å². The van der Waals surface area contributed by atoms with E-state index in [0.717, 1.165) is 6.42 Å². The number of halogens is 1. The number of oxime groups is 1. The number of ether oxygens (including phenoxy) is 1. The zero-order valence-corrected chi connectivity index (χ0v) is 10.0. The van der Waals surface area contributed by atoms with E-state index in [0.29, 0.717) is 16.3 Å². The highest BCUT2D eigenvalue weighted by atomic mass is 35.5. The highest BCUT2D eigenvalue weighted by Gasteiger charge is 2.14. The second-order valence-corrected chi connectivity index (χ2v) is 3.84. The van der Waals surface area contributed by atoms with Crippen LogP contribution < -0.4 is 10.5 Å². The Bertz CT molecular complexity index is 394. The van der Waals surface area contributed by atoms with Gasteiger partial charge in [-0.05, 0) is 25.5 Å². The summed E-state index contributed by atoms with van der Waals surface area (Å²) < 4.78 is 5.64. The monoisotopic (exact) mass is 242 g/mol. The van der Waals surface area contributed by atoms with E-state index in [-0.39, 0.29) is 11.9 Å². The third kappa shape index (κ3) is 2.79. The van der Waals surface area contributed by atoms with Crippen molar-refractivity contribution in [2.24, 2.45) is 10.9 Å². The zero-order chi connectivity index (χ0) is 12.1. The van der Waals surface area contributed by atoms with Crippen LogP contribution in [0, 0.1) is 0 Å². The number of benzene rings is 1. The van der Waals surface area contributed by atoms with Crippen molar-refractivity contribution in [3.63, 3.8) is 0 Å². The molecule has 0 bridgehead atoms. The summed E-state index contributed by atoms with van der Waals surface area (Å²) in [7, 11) is 0. The Morgan fingerprint density at radius 2 is 2.31 bits per heavy atom. The van der Waals surface area contributed by atoms with Crippen LogP contribution in [0.5, 0.6) is 5.75 Å². The molecule has 0 aliphatic carbocycles. The number of nitrogens with zero attached hydrogens (tertiary/aromatic N) is 1. The summed E-state index contributed by atoms with van der Waals surface area (Å²) in [5.41, 5.74) is 5.97. The Morgan fingerprint density at radius 3 is 2.88 bits per heavy atom. The van der Waals surface area contributed by atoms with Gasteiger partial charge in [0.1, 0.15) is 5.75 Å². The average Bonchev–Trinajstić information content (AvgIpc) is 2.28. The van der Waals surface area contributed by atoms with E-state index in [1.54, 1.807) is 18.2 Å². The lowest BCUT2D eigenvalue weighted by Crippen LogP contribution is -2.18. The van der Waals surface area contributed by atoms with Crippen molar-refractivity contribution >= 4 is 17.4 Å². The summed E-state index contributed by atoms with van der Waals surface area (Å²) in [5, 5.41) is 12.0. The van der Waals surface area contributed by atoms with Gasteiger partial charge in [0, 0.05) is 0 Å². The van der Waals surface area contributed by atoms with Crippen LogP contribution in [0.3, 0.4) is 0 Å². The lowest BCUT2D eigenvalue weighted by molar-refractivity contribution is 0.217. The molecule has 0 aliphatic heterocycles. The van der Waals surface area contributed by atoms with Crippen molar-refractivity contribution in [1.29, 1.82) is 0 Å². The van der Waals surface area contributed by atoms with Gasteiger partial charge >= 0.3 is 0 Å². The number of hydrogen-bond donors (Lipinski definition) is 2. The van der Waals surface area contributed by atoms with Crippen LogP contribution in [-0.4, -0.2) is 17.1 Å². The molecular weight excluding hydrogens is 228 g/mol. The van der Waals surface area contributed by atoms with Crippen molar-refractivity contribution in [1.82, 2.24) is 0 Å². The van der Waals surface area contributed by atoms with Crippen LogP contribution in [0.2, 0.25) is 5.02 Å². The van der Waals surface area contributed by atoms with Crippen molar-refractivity contribution in [3.05, 3.63) is 28.8 Å². The summed E-state index contributed by atoms with van der Waals surface area (Å²) >= 11 is 5.98. The maximum atomic E-state index is 8.68. The molecule has 0 aliphatic rings. The predicted molar refractivity (Wildman–Crippen MR) is 64.3 cm³/mol. The summed E-state index contributed by atoms with van der Waals surface area (Å²) in [6, 6.07) is 5.16. The van der Waals surface area contributed by atoms with Crippen LogP contribution in [0.25, 0.3) is 0 Å². The smallest absolute Gasteiger partial charge is 0.175 e. The third-order valence-corrected chi connectivity index (χ3v) is 2.56. The topological polar surface area (TPSA) is 67.8 Å². The van der Waals surface area contributed by atoms with Crippen molar-refractivity contribution in [2.45, 2.75) is 26.4 Å². The largest absolute Gasteiger partial charge is 0.490 e. The fraction of sp³-hybridized carbons (Fsp3) is 0.364. The quantitative estimate of drug-likeness (QED) is 0.369. The van der Waals surface area contributed by atoms with Gasteiger partial charge in [0.05, 0.1) is 16.7 Å². The van der Waals surface area contributed by atoms with Gasteiger partial charge < -0.3 is 15.7 Å². The number of nitrogens with two attached hydrogens (primary N) is 1. The second kappa shape index (κ2) is 5.61. The fourth-order valence-electron chi connectivity index (χ4n) is 1.20. The zero-order valence-electron chi connectivity index (χ0n) is 9.27. The summed E-state index contributed by atoms with van der Waals surface area (Å²) in [4.78, 5) is 0. The Labute approximate surface area is 99.7 Å². The Hall–Kier alpha value is -1.42. The minimum absolute atomic E-state index is 0.0451. The molecule has 1 unspecified atom stereocenters. The van der Waals surface area contributed by atoms with Crippen LogP contribution >= 0.6 is 11.6 Å². The fourth-order valence-corrected chi connectivity index (χ4v) is 1.46. The Balaban J connectivity index is 3.13. The summed E-state index contributed by atoms with van der Waals surface area (Å²) in [6.45, 7) is 3.95. The summed E-state index contributed by atoms with van der Waals surface area (Å²) in [6.07, 6.45) is 0.908. The maximum absolute atomic E-state index is 8.68. The minimum Gasteiger partial charge on any atom is -0.490 e. The van der Waals surface area contributed by atoms with Crippen molar-refractivity contribution < 1.29 is 9.94 Å². The highest BCUT2D eigenvalue weighted by molar-refractivity contribution is 6.34. The molecule has 0 fully saturated rings. The van der Waals surface area contributed by atoms with Crippen molar-refractivity contribution in [2.75, 3.05) is 0 Å². The van der Waals surface area contributed by atoms with Gasteiger partial charge in [0.25, 0.3) is 0 Å². The number of rotatable bonds is 4. The van der Waals surface area contributed by atoms with Gasteiger partial charge in [-0.15, -0.1) is 0 Å². The van der Waals surface area contributed by atoms with E-state index in [1.165, 1.54) is 0 Å². The molecule has 0 saturated heterocycles. The normalized spacial score (nSPS) is 13.6. The SMILES string of the molecule is CCC(C)Oc1cccc(Cl)c1C(N)=NO. The molecule has 0 radical (unpaired) electrons. The van der Waals surface area contributed by atoms with Crippen molar-refractivity contribution in [3.8, 4) is 5.75 Å². The third-order valence-electron chi connectivity index (χ3n) is 2.24. The van der Waals surface area contributed by atoms with E-state index in [9.17, 15) is 0 Å². The van der Waals surface area contributed by atoms with Gasteiger partial charge in [-0.3, -0.25) is 0 Å². The van der Waals surface area contributed by atoms with Gasteiger partial charge in [-0.1, -0.05) is 29.7 Å². The van der Waals surface area contributed by atoms with Crippen LogP contribution in [-0.2, 0) is 0 Å². The molecule has 0 amide bonds. The van der Waals surface area contributed by atoms with E-state index in [1.807, 2.05) is 13.8 Å². The molecule has 1 rings (SSSR count). The molecule has 3 N–H and O–H groups in total. The van der Waals surface area contributed by atoms with E-state index in [2.05, 4.69) is 5.16 Å². The average molecular weight is 243 g/mol. The van der Waals surface area contributed by atoms with E-state index < -0.39 is 0 Å². The van der Waals surface area contributed by atoms with Gasteiger partial charge in [-0.25, -0.2) is 0 Å². The predicted octanol–water partition coefficient (Wildman–Crippen LogP) is 2.61. The molecule has 0 spiro atoms. The lowest BCUT2D eigenvalue weighted by Gasteiger charge is -2.16. The maximum Gasteiger partial charge on any atom is 0.175 e. The standard InChI is InChI=1S/C11H15ClN2O2/c1-3-7(2)16-9-6-4-5-8(12)10(9)11(13)14-15/h4-7,15H,3H2,1-2H3,(H2,13,14). The van der Waals surface area contributed by atoms with Crippen LogP contribution in [0.1, 0.15) is 25.8 Å². The minimum atomic E-state index is -0.0519. The first-order chi connectivity index (χ1) is 7.60. The molecule has 0 aromatic heterocycles. The molecule has 1 aromatic carbocycles. The molecule has 88 valence electrons. The first kappa shape index (κ1) is 12.6. The molecule has 0 saturated carbocycles. The second-order valence-electron chi connectivity index (χ2n) is 3.43. The molecular formula is C11H15ClN2O2. The molecule has 4 nitrogen and oxygen atoms in total. The molecule has 16 heavy (non-hydrogen) atoms. The lowest BCUT2D eigenvalue weighted by atomic mass is 10.2. The molecule has 1 atom stereocenters. The van der Waals surface area contributed by atoms with E-state index in [4.69, 9.17) is 27.3 Å². The molecule has 5 heteroatoms. The number of amidine groups is 1. The van der Waals surface area contributed by atoms with Crippen LogP contribution in [0.4, 0.5) is 0 Å². The molecule has 0 heterocycles.